The first-order chi connectivity index (χ1) is 16.4. The summed E-state index contributed by atoms with van der Waals surface area (Å²) in [4.78, 5) is 15.0. The van der Waals surface area contributed by atoms with Crippen molar-refractivity contribution in [2.75, 3.05) is 0 Å². The quantitative estimate of drug-likeness (QED) is 0.473. The zero-order chi connectivity index (χ0) is 27.1. The zero-order valence-corrected chi connectivity index (χ0v) is 24.6. The second kappa shape index (κ2) is 9.56. The van der Waals surface area contributed by atoms with E-state index < -0.39 is 0 Å². The van der Waals surface area contributed by atoms with Crippen LogP contribution in [0.5, 0.6) is 0 Å². The van der Waals surface area contributed by atoms with Gasteiger partial charge in [0.05, 0.1) is 24.5 Å². The largest absolute Gasteiger partial charge is 0.312 e. The first kappa shape index (κ1) is 27.8. The van der Waals surface area contributed by atoms with Gasteiger partial charge in [0.15, 0.2) is 0 Å². The van der Waals surface area contributed by atoms with Crippen molar-refractivity contribution < 1.29 is 0 Å². The maximum atomic E-state index is 5.04. The number of hydrogen-bond donors (Lipinski definition) is 0. The van der Waals surface area contributed by atoms with Gasteiger partial charge in [0, 0.05) is 46.9 Å². The number of aromatic nitrogens is 5. The Balaban J connectivity index is 1.98. The molecule has 0 amide bonds. The van der Waals surface area contributed by atoms with Crippen molar-refractivity contribution in [3.8, 4) is 0 Å². The molecule has 0 fully saturated rings. The molecule has 0 aromatic carbocycles. The molecule has 3 aromatic rings. The number of pyridine rings is 1. The van der Waals surface area contributed by atoms with Crippen molar-refractivity contribution in [1.82, 2.24) is 23.3 Å². The van der Waals surface area contributed by atoms with Crippen molar-refractivity contribution in [2.24, 2.45) is 9.98 Å². The van der Waals surface area contributed by atoms with Crippen molar-refractivity contribution >= 4 is 0 Å². The summed E-state index contributed by atoms with van der Waals surface area (Å²) in [6.45, 7) is 27.5. The number of imidazole rings is 2. The Morgan fingerprint density at radius 2 is 0.806 bits per heavy atom. The third kappa shape index (κ3) is 6.29. The smallest absolute Gasteiger partial charge is 0.206 e. The fourth-order valence-corrected chi connectivity index (χ4v) is 4.17. The van der Waals surface area contributed by atoms with Crippen LogP contribution in [0.4, 0.5) is 0 Å². The number of hydrogen-bond acceptors (Lipinski definition) is 3. The molecule has 0 bridgehead atoms. The molecule has 0 unspecified atom stereocenters. The standard InChI is InChI=1S/C29H47N7/c1-26(2,3)33-16-17-34(27(4,5)6)24(33)30-20-22-14-13-15-23(32-22)21-31-25-35(28(7,8)9)18-19-36(25)29(10,11)12/h13-19H,20-21H2,1-12H3. The summed E-state index contributed by atoms with van der Waals surface area (Å²) in [7, 11) is 0. The highest BCUT2D eigenvalue weighted by molar-refractivity contribution is 5.11. The Labute approximate surface area is 217 Å². The topological polar surface area (TPSA) is 57.3 Å². The van der Waals surface area contributed by atoms with Crippen LogP contribution in [-0.2, 0) is 35.2 Å². The molecule has 36 heavy (non-hydrogen) atoms. The van der Waals surface area contributed by atoms with Crippen molar-refractivity contribution in [1.29, 1.82) is 0 Å². The van der Waals surface area contributed by atoms with Crippen LogP contribution in [0.1, 0.15) is 94.5 Å². The monoisotopic (exact) mass is 493 g/mol. The lowest BCUT2D eigenvalue weighted by Crippen LogP contribution is -2.40. The summed E-state index contributed by atoms with van der Waals surface area (Å²) >= 11 is 0. The molecule has 0 radical (unpaired) electrons. The van der Waals surface area contributed by atoms with Crippen LogP contribution >= 0.6 is 0 Å². The first-order valence-electron chi connectivity index (χ1n) is 13.0. The van der Waals surface area contributed by atoms with E-state index in [1.54, 1.807) is 0 Å². The molecule has 0 spiro atoms. The summed E-state index contributed by atoms with van der Waals surface area (Å²) in [5, 5.41) is 0. The molecule has 3 aromatic heterocycles. The number of rotatable bonds is 4. The summed E-state index contributed by atoms with van der Waals surface area (Å²) in [6, 6.07) is 6.15. The lowest BCUT2D eigenvalue weighted by Gasteiger charge is -2.25. The van der Waals surface area contributed by atoms with Crippen molar-refractivity contribution in [3.63, 3.8) is 0 Å². The molecule has 0 aliphatic carbocycles. The molecule has 198 valence electrons. The molecule has 3 heterocycles. The molecule has 7 nitrogen and oxygen atoms in total. The Kier molecular flexibility index (Phi) is 7.37. The van der Waals surface area contributed by atoms with E-state index >= 15 is 0 Å². The van der Waals surface area contributed by atoms with Crippen LogP contribution in [0, 0.1) is 0 Å². The van der Waals surface area contributed by atoms with E-state index in [0.29, 0.717) is 13.1 Å². The summed E-state index contributed by atoms with van der Waals surface area (Å²) in [5.74, 6) is 0. The third-order valence-corrected chi connectivity index (χ3v) is 6.11. The first-order valence-corrected chi connectivity index (χ1v) is 13.0. The molecule has 0 saturated carbocycles. The lowest BCUT2D eigenvalue weighted by molar-refractivity contribution is 0.333. The van der Waals surface area contributed by atoms with E-state index in [-0.39, 0.29) is 22.2 Å². The highest BCUT2D eigenvalue weighted by Gasteiger charge is 2.22. The fraction of sp³-hybridized carbons (Fsp3) is 0.621. The number of nitrogens with zero attached hydrogens (tertiary/aromatic N) is 7. The van der Waals surface area contributed by atoms with Crippen LogP contribution in [0.25, 0.3) is 0 Å². The van der Waals surface area contributed by atoms with E-state index in [2.05, 4.69) is 132 Å². The van der Waals surface area contributed by atoms with Gasteiger partial charge in [0.2, 0.25) is 11.2 Å². The second-order valence-corrected chi connectivity index (χ2v) is 13.6. The predicted octanol–water partition coefficient (Wildman–Crippen LogP) is 5.51. The predicted molar refractivity (Wildman–Crippen MR) is 148 cm³/mol. The van der Waals surface area contributed by atoms with E-state index in [1.807, 2.05) is 12.1 Å². The summed E-state index contributed by atoms with van der Waals surface area (Å²) in [5.41, 5.74) is 3.56. The van der Waals surface area contributed by atoms with Gasteiger partial charge in [0.1, 0.15) is 0 Å². The third-order valence-electron chi connectivity index (χ3n) is 6.11. The lowest BCUT2D eigenvalue weighted by atomic mass is 10.1. The van der Waals surface area contributed by atoms with Crippen LogP contribution in [-0.4, -0.2) is 23.3 Å². The van der Waals surface area contributed by atoms with Crippen LogP contribution in [0.15, 0.2) is 53.0 Å². The van der Waals surface area contributed by atoms with Crippen LogP contribution < -0.4 is 11.2 Å². The summed E-state index contributed by atoms with van der Waals surface area (Å²) < 4.78 is 8.96. The maximum Gasteiger partial charge on any atom is 0.206 e. The van der Waals surface area contributed by atoms with E-state index in [9.17, 15) is 0 Å². The molecule has 0 atom stereocenters. The maximum absolute atomic E-state index is 5.04. The summed E-state index contributed by atoms with van der Waals surface area (Å²) in [6.07, 6.45) is 8.51. The van der Waals surface area contributed by atoms with Crippen molar-refractivity contribution in [3.05, 3.63) is 65.6 Å². The zero-order valence-electron chi connectivity index (χ0n) is 24.6. The molecular formula is C29H47N7. The van der Waals surface area contributed by atoms with Gasteiger partial charge in [-0.2, -0.15) is 0 Å². The van der Waals surface area contributed by atoms with Gasteiger partial charge in [0.25, 0.3) is 0 Å². The minimum absolute atomic E-state index is 0.0616. The molecule has 0 N–H and O–H groups in total. The second-order valence-electron chi connectivity index (χ2n) is 13.6. The molecule has 0 saturated heterocycles. The van der Waals surface area contributed by atoms with E-state index in [0.717, 1.165) is 22.6 Å². The van der Waals surface area contributed by atoms with E-state index in [4.69, 9.17) is 15.0 Å². The Morgan fingerprint density at radius 3 is 1.06 bits per heavy atom. The van der Waals surface area contributed by atoms with Gasteiger partial charge in [-0.1, -0.05) is 6.07 Å². The minimum atomic E-state index is -0.0616. The average molecular weight is 494 g/mol. The van der Waals surface area contributed by atoms with Gasteiger partial charge >= 0.3 is 0 Å². The van der Waals surface area contributed by atoms with Crippen molar-refractivity contribution in [2.45, 2.75) is 118 Å². The molecule has 0 aliphatic heterocycles. The molecule has 0 aliphatic rings. The SMILES string of the molecule is CC(C)(C)n1ccn(C(C)(C)C)c1=NCc1cccc(CN=c2n(C(C)(C)C)ccn2C(C)(C)C)n1. The highest BCUT2D eigenvalue weighted by atomic mass is 15.2. The molecule has 3 rings (SSSR count). The van der Waals surface area contributed by atoms with Gasteiger partial charge in [-0.25, -0.2) is 9.98 Å². The Hall–Kier alpha value is -2.83. The average Bonchev–Trinajstić information content (AvgIpc) is 3.34. The van der Waals surface area contributed by atoms with Crippen LogP contribution in [0.3, 0.4) is 0 Å². The normalized spacial score (nSPS) is 13.2. The molecule has 7 heteroatoms. The highest BCUT2D eigenvalue weighted by Crippen LogP contribution is 2.17. The van der Waals surface area contributed by atoms with Gasteiger partial charge < -0.3 is 18.3 Å². The molecular weight excluding hydrogens is 446 g/mol. The van der Waals surface area contributed by atoms with Gasteiger partial charge in [-0.15, -0.1) is 0 Å². The van der Waals surface area contributed by atoms with Gasteiger partial charge in [-0.3, -0.25) is 4.98 Å². The van der Waals surface area contributed by atoms with E-state index in [1.165, 1.54) is 0 Å². The Bertz CT molecular complexity index is 1150. The van der Waals surface area contributed by atoms with Gasteiger partial charge in [-0.05, 0) is 95.2 Å². The Morgan fingerprint density at radius 1 is 0.528 bits per heavy atom. The minimum Gasteiger partial charge on any atom is -0.312 e. The fourth-order valence-electron chi connectivity index (χ4n) is 4.17. The van der Waals surface area contributed by atoms with Crippen LogP contribution in [0.2, 0.25) is 0 Å².